The van der Waals surface area contributed by atoms with Gasteiger partial charge in [-0.15, -0.1) is 0 Å². The van der Waals surface area contributed by atoms with Gasteiger partial charge in [0.2, 0.25) is 0 Å². The van der Waals surface area contributed by atoms with Crippen LogP contribution in [0.4, 0.5) is 0 Å². The van der Waals surface area contributed by atoms with Crippen LogP contribution in [0.3, 0.4) is 0 Å². The van der Waals surface area contributed by atoms with Crippen LogP contribution in [0.5, 0.6) is 0 Å². The number of rotatable bonds is 8. The van der Waals surface area contributed by atoms with E-state index in [2.05, 4.69) is 78.5 Å². The Morgan fingerprint density at radius 3 is 2.27 bits per heavy atom. The summed E-state index contributed by atoms with van der Waals surface area (Å²) in [4.78, 5) is 0. The molecule has 142 valence electrons. The molecule has 0 aromatic carbocycles. The molecule has 0 N–H and O–H groups in total. The van der Waals surface area contributed by atoms with Gasteiger partial charge in [-0.2, -0.15) is 5.26 Å². The molecule has 1 saturated carbocycles. The lowest BCUT2D eigenvalue weighted by atomic mass is 9.67. The molecule has 1 fully saturated rings. The van der Waals surface area contributed by atoms with Crippen LogP contribution in [0.2, 0.25) is 0 Å². The maximum atomic E-state index is 9.59. The predicted octanol–water partition coefficient (Wildman–Crippen LogP) is 7.56. The van der Waals surface area contributed by atoms with Gasteiger partial charge < -0.3 is 0 Å². The van der Waals surface area contributed by atoms with Crippen molar-refractivity contribution >= 4 is 0 Å². The van der Waals surface area contributed by atoms with Crippen molar-refractivity contribution in [1.82, 2.24) is 0 Å². The van der Waals surface area contributed by atoms with Crippen molar-refractivity contribution in [3.05, 3.63) is 58.7 Å². The van der Waals surface area contributed by atoms with E-state index in [4.69, 9.17) is 0 Å². The molecule has 1 rings (SSSR count). The second-order valence-corrected chi connectivity index (χ2v) is 8.28. The molecule has 1 nitrogen and oxygen atoms in total. The van der Waals surface area contributed by atoms with Gasteiger partial charge >= 0.3 is 0 Å². The standard InChI is InChI=1S/C25H37N/c1-9-24(18(4)5)25(16-26)21(8)19(6)12-10-11-13-20(7)23-14-22(15-23)17(2)3/h9,11-13,17-18,22-23H,7,10,14-15H2,1-6,8H3/b13-11-,19-12?,24-9-,25-21+. The molecule has 0 unspecified atom stereocenters. The van der Waals surface area contributed by atoms with E-state index in [-0.39, 0.29) is 0 Å². The van der Waals surface area contributed by atoms with Crippen LogP contribution in [0.15, 0.2) is 58.7 Å². The summed E-state index contributed by atoms with van der Waals surface area (Å²) < 4.78 is 0. The smallest absolute Gasteiger partial charge is 0.0997 e. The topological polar surface area (TPSA) is 23.8 Å². The lowest BCUT2D eigenvalue weighted by Crippen LogP contribution is -2.28. The molecule has 0 atom stereocenters. The highest BCUT2D eigenvalue weighted by atomic mass is 14.4. The Morgan fingerprint density at radius 1 is 1.19 bits per heavy atom. The minimum atomic E-state index is 0.359. The second kappa shape index (κ2) is 10.4. The maximum absolute atomic E-state index is 9.59. The van der Waals surface area contributed by atoms with E-state index in [1.54, 1.807) is 0 Å². The normalized spacial score (nSPS) is 22.5. The van der Waals surface area contributed by atoms with Crippen molar-refractivity contribution < 1.29 is 0 Å². The van der Waals surface area contributed by atoms with Gasteiger partial charge in [0.1, 0.15) is 0 Å². The van der Waals surface area contributed by atoms with Crippen LogP contribution in [0, 0.1) is 35.0 Å². The highest BCUT2D eigenvalue weighted by molar-refractivity contribution is 5.51. The molecule has 0 radical (unpaired) electrons. The van der Waals surface area contributed by atoms with E-state index in [9.17, 15) is 5.26 Å². The minimum absolute atomic E-state index is 0.359. The maximum Gasteiger partial charge on any atom is 0.0997 e. The average molecular weight is 352 g/mol. The van der Waals surface area contributed by atoms with Crippen LogP contribution in [-0.4, -0.2) is 0 Å². The largest absolute Gasteiger partial charge is 0.192 e. The molecule has 0 amide bonds. The first-order valence-corrected chi connectivity index (χ1v) is 10.0. The highest BCUT2D eigenvalue weighted by Crippen LogP contribution is 2.42. The first-order valence-electron chi connectivity index (χ1n) is 10.0. The summed E-state index contributed by atoms with van der Waals surface area (Å²) in [5, 5.41) is 9.59. The summed E-state index contributed by atoms with van der Waals surface area (Å²) in [5.41, 5.74) is 5.49. The lowest BCUT2D eigenvalue weighted by molar-refractivity contribution is 0.171. The van der Waals surface area contributed by atoms with Crippen LogP contribution < -0.4 is 0 Å². The predicted molar refractivity (Wildman–Crippen MR) is 115 cm³/mol. The molecule has 26 heavy (non-hydrogen) atoms. The minimum Gasteiger partial charge on any atom is -0.192 e. The zero-order valence-corrected chi connectivity index (χ0v) is 17.9. The summed E-state index contributed by atoms with van der Waals surface area (Å²) >= 11 is 0. The number of nitriles is 1. The van der Waals surface area contributed by atoms with Crippen LogP contribution in [0.25, 0.3) is 0 Å². The molecule has 0 aliphatic heterocycles. The summed E-state index contributed by atoms with van der Waals surface area (Å²) in [5.74, 6) is 2.72. The fraction of sp³-hybridized carbons (Fsp3) is 0.560. The molecule has 1 aliphatic rings. The van der Waals surface area contributed by atoms with Crippen molar-refractivity contribution in [2.24, 2.45) is 23.7 Å². The molecule has 1 heteroatoms. The second-order valence-electron chi connectivity index (χ2n) is 8.28. The molecule has 0 saturated heterocycles. The van der Waals surface area contributed by atoms with Crippen molar-refractivity contribution in [2.75, 3.05) is 0 Å². The first-order chi connectivity index (χ1) is 12.2. The monoisotopic (exact) mass is 351 g/mol. The fourth-order valence-corrected chi connectivity index (χ4v) is 3.59. The third-order valence-electron chi connectivity index (χ3n) is 5.83. The quantitative estimate of drug-likeness (QED) is 0.327. The van der Waals surface area contributed by atoms with Crippen LogP contribution in [0.1, 0.15) is 67.7 Å². The van der Waals surface area contributed by atoms with Crippen molar-refractivity contribution in [3.63, 3.8) is 0 Å². The SMILES string of the molecule is C=C(/C=C\CC=C(C)/C(C)=C(C#N)/C(=C\C)C(C)C)C1CC(C(C)C)C1. The fourth-order valence-electron chi connectivity index (χ4n) is 3.59. The van der Waals surface area contributed by atoms with Gasteiger partial charge in [0.05, 0.1) is 11.6 Å². The molecule has 0 spiro atoms. The van der Waals surface area contributed by atoms with E-state index in [0.717, 1.165) is 35.0 Å². The summed E-state index contributed by atoms with van der Waals surface area (Å²) in [6, 6.07) is 2.41. The summed E-state index contributed by atoms with van der Waals surface area (Å²) in [6.45, 7) is 19.3. The third kappa shape index (κ3) is 5.87. The Kier molecular flexibility index (Phi) is 8.86. The van der Waals surface area contributed by atoms with Gasteiger partial charge in [-0.1, -0.05) is 69.7 Å². The number of hydrogen-bond acceptors (Lipinski definition) is 1. The zero-order valence-electron chi connectivity index (χ0n) is 17.9. The number of allylic oxidation sites excluding steroid dienone is 9. The molecular weight excluding hydrogens is 314 g/mol. The molecular formula is C25H37N. The third-order valence-corrected chi connectivity index (χ3v) is 5.83. The Labute approximate surface area is 161 Å². The van der Waals surface area contributed by atoms with Crippen molar-refractivity contribution in [1.29, 1.82) is 5.26 Å². The van der Waals surface area contributed by atoms with E-state index in [1.807, 2.05) is 6.92 Å². The number of hydrogen-bond donors (Lipinski definition) is 0. The first kappa shape index (κ1) is 22.2. The van der Waals surface area contributed by atoms with E-state index < -0.39 is 0 Å². The Hall–Kier alpha value is -1.81. The average Bonchev–Trinajstić information content (AvgIpc) is 2.53. The van der Waals surface area contributed by atoms with Crippen molar-refractivity contribution in [3.8, 4) is 6.07 Å². The van der Waals surface area contributed by atoms with E-state index in [1.165, 1.54) is 24.0 Å². The van der Waals surface area contributed by atoms with E-state index >= 15 is 0 Å². The number of nitrogens with zero attached hydrogens (tertiary/aromatic N) is 1. The van der Waals surface area contributed by atoms with Crippen molar-refractivity contribution in [2.45, 2.75) is 67.7 Å². The van der Waals surface area contributed by atoms with Gasteiger partial charge in [-0.25, -0.2) is 0 Å². The Balaban J connectivity index is 2.69. The zero-order chi connectivity index (χ0) is 19.9. The summed E-state index contributed by atoms with van der Waals surface area (Å²) in [6.07, 6.45) is 12.1. The Bertz CT molecular complexity index is 653. The van der Waals surface area contributed by atoms with Gasteiger partial charge in [0.15, 0.2) is 0 Å². The van der Waals surface area contributed by atoms with Gasteiger partial charge in [0, 0.05) is 0 Å². The molecule has 0 aromatic rings. The van der Waals surface area contributed by atoms with E-state index in [0.29, 0.717) is 11.8 Å². The molecule has 1 aliphatic carbocycles. The van der Waals surface area contributed by atoms with Gasteiger partial charge in [0.25, 0.3) is 0 Å². The van der Waals surface area contributed by atoms with Crippen LogP contribution >= 0.6 is 0 Å². The molecule has 0 heterocycles. The van der Waals surface area contributed by atoms with Crippen LogP contribution in [-0.2, 0) is 0 Å². The molecule has 0 bridgehead atoms. The molecule has 0 aromatic heterocycles. The Morgan fingerprint density at radius 2 is 1.81 bits per heavy atom. The van der Waals surface area contributed by atoms with Gasteiger partial charge in [-0.05, 0) is 74.9 Å². The van der Waals surface area contributed by atoms with Gasteiger partial charge in [-0.3, -0.25) is 0 Å². The summed E-state index contributed by atoms with van der Waals surface area (Å²) in [7, 11) is 0. The highest BCUT2D eigenvalue weighted by Gasteiger charge is 2.31. The lowest BCUT2D eigenvalue weighted by Gasteiger charge is -2.38.